The summed E-state index contributed by atoms with van der Waals surface area (Å²) >= 11 is 0. The predicted octanol–water partition coefficient (Wildman–Crippen LogP) is 16.0. The second kappa shape index (κ2) is 14.1. The standard InChI is InChI=1S/C60H39N3/c1-3-18-40(19-4-1)51-37-44(62-57-31-14-9-26-48(57)49-27-10-15-32-58(49)62)34-35-45(51)53-38-54-50-28-11-16-33-59(50)63(60(54)39-52(53)41-20-5-2-6-21-41)43-23-17-22-42(36-43)61-55-29-12-7-24-46(55)47-25-8-13-30-56(47)61/h1-39H. The number of hydrogen-bond donors (Lipinski definition) is 0. The normalized spacial score (nSPS) is 11.8. The largest absolute Gasteiger partial charge is 0.309 e. The van der Waals surface area contributed by atoms with Gasteiger partial charge in [0.1, 0.15) is 0 Å². The summed E-state index contributed by atoms with van der Waals surface area (Å²) in [5.74, 6) is 0. The summed E-state index contributed by atoms with van der Waals surface area (Å²) < 4.78 is 7.29. The molecule has 0 aliphatic heterocycles. The van der Waals surface area contributed by atoms with Gasteiger partial charge in [-0.15, -0.1) is 0 Å². The Kier molecular flexibility index (Phi) is 7.91. The van der Waals surface area contributed by atoms with Crippen LogP contribution in [-0.4, -0.2) is 13.7 Å². The van der Waals surface area contributed by atoms with Crippen LogP contribution >= 0.6 is 0 Å². The first kappa shape index (κ1) is 35.4. The van der Waals surface area contributed by atoms with Crippen molar-refractivity contribution in [2.75, 3.05) is 0 Å². The summed E-state index contributed by atoms with van der Waals surface area (Å²) in [5, 5.41) is 7.47. The van der Waals surface area contributed by atoms with E-state index in [4.69, 9.17) is 0 Å². The molecule has 3 nitrogen and oxygen atoms in total. The molecule has 0 saturated heterocycles. The quantitative estimate of drug-likeness (QED) is 0.159. The van der Waals surface area contributed by atoms with Gasteiger partial charge in [0.05, 0.1) is 33.1 Å². The van der Waals surface area contributed by atoms with Crippen LogP contribution in [0.25, 0.3) is 116 Å². The minimum Gasteiger partial charge on any atom is -0.309 e. The second-order valence-corrected chi connectivity index (χ2v) is 16.5. The third-order valence-electron chi connectivity index (χ3n) is 13.0. The lowest BCUT2D eigenvalue weighted by molar-refractivity contribution is 1.13. The maximum absolute atomic E-state index is 2.46. The van der Waals surface area contributed by atoms with E-state index in [1.165, 1.54) is 98.8 Å². The number of rotatable bonds is 6. The molecule has 294 valence electrons. The highest BCUT2D eigenvalue weighted by Crippen LogP contribution is 2.45. The average Bonchev–Trinajstić information content (AvgIpc) is 4.00. The molecule has 0 atom stereocenters. The summed E-state index contributed by atoms with van der Waals surface area (Å²) in [6.07, 6.45) is 0. The van der Waals surface area contributed by atoms with Crippen molar-refractivity contribution in [3.8, 4) is 50.4 Å². The molecular formula is C60H39N3. The molecule has 0 amide bonds. The van der Waals surface area contributed by atoms with Crippen LogP contribution in [0.1, 0.15) is 0 Å². The van der Waals surface area contributed by atoms with Gasteiger partial charge in [0, 0.05) is 49.4 Å². The van der Waals surface area contributed by atoms with Crippen LogP contribution in [0.5, 0.6) is 0 Å². The highest BCUT2D eigenvalue weighted by molar-refractivity contribution is 6.14. The molecule has 63 heavy (non-hydrogen) atoms. The van der Waals surface area contributed by atoms with Crippen molar-refractivity contribution in [2.45, 2.75) is 0 Å². The third-order valence-corrected chi connectivity index (χ3v) is 13.0. The molecule has 13 aromatic rings. The molecule has 0 saturated carbocycles. The summed E-state index contributed by atoms with van der Waals surface area (Å²) in [5.41, 5.74) is 17.7. The number of hydrogen-bond acceptors (Lipinski definition) is 0. The zero-order chi connectivity index (χ0) is 41.4. The molecule has 0 bridgehead atoms. The van der Waals surface area contributed by atoms with Crippen LogP contribution in [0.2, 0.25) is 0 Å². The van der Waals surface area contributed by atoms with Crippen molar-refractivity contribution >= 4 is 65.4 Å². The Hall–Kier alpha value is -8.40. The molecule has 3 heterocycles. The van der Waals surface area contributed by atoms with Gasteiger partial charge in [0.15, 0.2) is 0 Å². The molecule has 0 aliphatic carbocycles. The number of para-hydroxylation sites is 5. The van der Waals surface area contributed by atoms with E-state index in [1.54, 1.807) is 0 Å². The zero-order valence-corrected chi connectivity index (χ0v) is 34.4. The van der Waals surface area contributed by atoms with E-state index >= 15 is 0 Å². The second-order valence-electron chi connectivity index (χ2n) is 16.5. The van der Waals surface area contributed by atoms with Crippen LogP contribution in [-0.2, 0) is 0 Å². The fourth-order valence-corrected chi connectivity index (χ4v) is 10.3. The van der Waals surface area contributed by atoms with Crippen LogP contribution in [0.3, 0.4) is 0 Å². The molecule has 10 aromatic carbocycles. The Morgan fingerprint density at radius 3 is 1.02 bits per heavy atom. The molecule has 0 fully saturated rings. The minimum absolute atomic E-state index is 1.12. The number of fused-ring (bicyclic) bond motifs is 9. The van der Waals surface area contributed by atoms with Crippen molar-refractivity contribution in [3.05, 3.63) is 237 Å². The van der Waals surface area contributed by atoms with Crippen LogP contribution in [0.15, 0.2) is 237 Å². The summed E-state index contributed by atoms with van der Waals surface area (Å²) in [4.78, 5) is 0. The van der Waals surface area contributed by atoms with E-state index in [1.807, 2.05) is 0 Å². The van der Waals surface area contributed by atoms with E-state index in [2.05, 4.69) is 250 Å². The molecule has 0 aliphatic rings. The molecule has 0 radical (unpaired) electrons. The molecule has 0 N–H and O–H groups in total. The van der Waals surface area contributed by atoms with Gasteiger partial charge in [-0.2, -0.15) is 0 Å². The SMILES string of the molecule is c1ccc(-c2cc(-n3c4ccccc4c4ccccc43)ccc2-c2cc3c4ccccc4n(-c4cccc(-n5c6ccccc6c6ccccc65)c4)c3cc2-c2ccccc2)cc1. The van der Waals surface area contributed by atoms with Crippen molar-refractivity contribution in [3.63, 3.8) is 0 Å². The average molecular weight is 802 g/mol. The Morgan fingerprint density at radius 2 is 0.556 bits per heavy atom. The Bertz CT molecular complexity index is 3800. The third kappa shape index (κ3) is 5.46. The lowest BCUT2D eigenvalue weighted by Gasteiger charge is -2.19. The van der Waals surface area contributed by atoms with Gasteiger partial charge in [-0.3, -0.25) is 0 Å². The maximum Gasteiger partial charge on any atom is 0.0547 e. The first-order valence-corrected chi connectivity index (χ1v) is 21.7. The topological polar surface area (TPSA) is 14.8 Å². The number of benzene rings is 10. The van der Waals surface area contributed by atoms with Gasteiger partial charge in [-0.05, 0) is 106 Å². The first-order chi connectivity index (χ1) is 31.3. The lowest BCUT2D eigenvalue weighted by Crippen LogP contribution is -1.99. The van der Waals surface area contributed by atoms with Gasteiger partial charge in [-0.1, -0.05) is 164 Å². The first-order valence-electron chi connectivity index (χ1n) is 21.7. The summed E-state index contributed by atoms with van der Waals surface area (Å²) in [6.45, 7) is 0. The van der Waals surface area contributed by atoms with Gasteiger partial charge < -0.3 is 13.7 Å². The van der Waals surface area contributed by atoms with Crippen LogP contribution in [0, 0.1) is 0 Å². The summed E-state index contributed by atoms with van der Waals surface area (Å²) in [6, 6.07) is 86.6. The van der Waals surface area contributed by atoms with Crippen molar-refractivity contribution in [1.82, 2.24) is 13.7 Å². The van der Waals surface area contributed by atoms with Gasteiger partial charge in [-0.25, -0.2) is 0 Å². The molecular weight excluding hydrogens is 763 g/mol. The fourth-order valence-electron chi connectivity index (χ4n) is 10.3. The van der Waals surface area contributed by atoms with E-state index < -0.39 is 0 Å². The van der Waals surface area contributed by atoms with Crippen molar-refractivity contribution < 1.29 is 0 Å². The van der Waals surface area contributed by atoms with Gasteiger partial charge in [0.2, 0.25) is 0 Å². The maximum atomic E-state index is 2.46. The summed E-state index contributed by atoms with van der Waals surface area (Å²) in [7, 11) is 0. The molecule has 0 unspecified atom stereocenters. The minimum atomic E-state index is 1.12. The Morgan fingerprint density at radius 1 is 0.190 bits per heavy atom. The van der Waals surface area contributed by atoms with Crippen molar-refractivity contribution in [2.24, 2.45) is 0 Å². The highest BCUT2D eigenvalue weighted by atomic mass is 15.0. The number of aromatic nitrogens is 3. The lowest BCUT2D eigenvalue weighted by atomic mass is 9.88. The van der Waals surface area contributed by atoms with E-state index in [-0.39, 0.29) is 0 Å². The van der Waals surface area contributed by atoms with E-state index in [9.17, 15) is 0 Å². The van der Waals surface area contributed by atoms with Crippen molar-refractivity contribution in [1.29, 1.82) is 0 Å². The Labute approximate surface area is 364 Å². The van der Waals surface area contributed by atoms with E-state index in [0.717, 1.165) is 17.1 Å². The molecule has 0 spiro atoms. The van der Waals surface area contributed by atoms with Crippen LogP contribution < -0.4 is 0 Å². The van der Waals surface area contributed by atoms with Gasteiger partial charge >= 0.3 is 0 Å². The van der Waals surface area contributed by atoms with Gasteiger partial charge in [0.25, 0.3) is 0 Å². The smallest absolute Gasteiger partial charge is 0.0547 e. The zero-order valence-electron chi connectivity index (χ0n) is 34.4. The predicted molar refractivity (Wildman–Crippen MR) is 266 cm³/mol. The molecule has 3 aromatic heterocycles. The highest BCUT2D eigenvalue weighted by Gasteiger charge is 2.22. The molecule has 3 heteroatoms. The molecule has 13 rings (SSSR count). The van der Waals surface area contributed by atoms with Crippen LogP contribution in [0.4, 0.5) is 0 Å². The fraction of sp³-hybridized carbons (Fsp3) is 0. The Balaban J connectivity index is 1.07. The number of nitrogens with zero attached hydrogens (tertiary/aromatic N) is 3. The van der Waals surface area contributed by atoms with E-state index in [0.29, 0.717) is 0 Å². The monoisotopic (exact) mass is 801 g/mol.